The monoisotopic (exact) mass is 230 g/mol. The Labute approximate surface area is 101 Å². The molecule has 1 N–H and O–H groups in total. The third-order valence-corrected chi connectivity index (χ3v) is 2.71. The van der Waals surface area contributed by atoms with E-state index >= 15 is 0 Å². The van der Waals surface area contributed by atoms with Gasteiger partial charge in [0.15, 0.2) is 0 Å². The molecule has 2 nitrogen and oxygen atoms in total. The average Bonchev–Trinajstić information content (AvgIpc) is 2.38. The molecule has 0 amide bonds. The summed E-state index contributed by atoms with van der Waals surface area (Å²) < 4.78 is 12.8. The Balaban J connectivity index is 1.93. The Morgan fingerprint density at radius 3 is 2.65 bits per heavy atom. The van der Waals surface area contributed by atoms with Crippen LogP contribution in [0.25, 0.3) is 0 Å². The highest BCUT2D eigenvalue weighted by molar-refractivity contribution is 5.19. The van der Waals surface area contributed by atoms with Crippen molar-refractivity contribution in [2.45, 2.75) is 19.5 Å². The van der Waals surface area contributed by atoms with E-state index in [0.29, 0.717) is 0 Å². The Morgan fingerprint density at radius 2 is 2.00 bits per heavy atom. The van der Waals surface area contributed by atoms with Crippen LogP contribution in [-0.2, 0) is 6.54 Å². The number of pyridine rings is 1. The van der Waals surface area contributed by atoms with E-state index in [2.05, 4.69) is 17.2 Å². The largest absolute Gasteiger partial charge is 0.306 e. The summed E-state index contributed by atoms with van der Waals surface area (Å²) in [5.74, 6) is -0.201. The molecule has 1 atom stereocenters. The fraction of sp³-hybridized carbons (Fsp3) is 0.214. The fourth-order valence-corrected chi connectivity index (χ4v) is 1.64. The number of rotatable bonds is 4. The average molecular weight is 230 g/mol. The standard InChI is InChI=1S/C14H15FN2/c1-11(13-4-6-14(15)7-5-13)17-10-12-3-2-8-16-9-12/h2-9,11,17H,10H2,1H3. The van der Waals surface area contributed by atoms with Gasteiger partial charge in [0.05, 0.1) is 0 Å². The summed E-state index contributed by atoms with van der Waals surface area (Å²) in [4.78, 5) is 4.06. The second-order valence-electron chi connectivity index (χ2n) is 4.02. The molecule has 0 spiro atoms. The highest BCUT2D eigenvalue weighted by atomic mass is 19.1. The van der Waals surface area contributed by atoms with Gasteiger partial charge in [-0.15, -0.1) is 0 Å². The number of hydrogen-bond acceptors (Lipinski definition) is 2. The van der Waals surface area contributed by atoms with Gasteiger partial charge in [-0.2, -0.15) is 0 Å². The normalized spacial score (nSPS) is 12.4. The molecule has 1 unspecified atom stereocenters. The molecule has 88 valence electrons. The number of aromatic nitrogens is 1. The maximum atomic E-state index is 12.8. The minimum absolute atomic E-state index is 0.191. The Hall–Kier alpha value is -1.74. The van der Waals surface area contributed by atoms with E-state index in [4.69, 9.17) is 0 Å². The maximum Gasteiger partial charge on any atom is 0.123 e. The molecule has 3 heteroatoms. The van der Waals surface area contributed by atoms with E-state index in [1.807, 2.05) is 18.3 Å². The predicted molar refractivity (Wildman–Crippen MR) is 65.9 cm³/mol. The SMILES string of the molecule is CC(NCc1cccnc1)c1ccc(F)cc1. The summed E-state index contributed by atoms with van der Waals surface area (Å²) in [5, 5.41) is 3.37. The van der Waals surface area contributed by atoms with E-state index in [-0.39, 0.29) is 11.9 Å². The highest BCUT2D eigenvalue weighted by Gasteiger charge is 2.04. The smallest absolute Gasteiger partial charge is 0.123 e. The molecule has 0 aliphatic heterocycles. The van der Waals surface area contributed by atoms with Crippen LogP contribution in [0.3, 0.4) is 0 Å². The molecule has 2 rings (SSSR count). The van der Waals surface area contributed by atoms with Crippen LogP contribution < -0.4 is 5.32 Å². The van der Waals surface area contributed by atoms with Crippen molar-refractivity contribution in [2.24, 2.45) is 0 Å². The molecule has 1 heterocycles. The van der Waals surface area contributed by atoms with E-state index in [9.17, 15) is 4.39 Å². The number of benzene rings is 1. The first-order chi connectivity index (χ1) is 8.25. The molecule has 2 aromatic rings. The van der Waals surface area contributed by atoms with Crippen LogP contribution in [0, 0.1) is 5.82 Å². The molecule has 0 bridgehead atoms. The lowest BCUT2D eigenvalue weighted by molar-refractivity contribution is 0.570. The summed E-state index contributed by atoms with van der Waals surface area (Å²) >= 11 is 0. The lowest BCUT2D eigenvalue weighted by Gasteiger charge is -2.14. The molecule has 0 fully saturated rings. The lowest BCUT2D eigenvalue weighted by atomic mass is 10.1. The van der Waals surface area contributed by atoms with Gasteiger partial charge in [0, 0.05) is 25.0 Å². The van der Waals surface area contributed by atoms with Gasteiger partial charge in [-0.3, -0.25) is 4.98 Å². The van der Waals surface area contributed by atoms with Crippen molar-refractivity contribution in [1.29, 1.82) is 0 Å². The minimum atomic E-state index is -0.201. The van der Waals surface area contributed by atoms with Crippen LogP contribution in [0.2, 0.25) is 0 Å². The lowest BCUT2D eigenvalue weighted by Crippen LogP contribution is -2.18. The predicted octanol–water partition coefficient (Wildman–Crippen LogP) is 3.07. The van der Waals surface area contributed by atoms with E-state index in [1.54, 1.807) is 18.3 Å². The van der Waals surface area contributed by atoms with Crippen LogP contribution >= 0.6 is 0 Å². The molecule has 0 aliphatic carbocycles. The first kappa shape index (κ1) is 11.7. The molecule has 0 radical (unpaired) electrons. The third-order valence-electron chi connectivity index (χ3n) is 2.71. The summed E-state index contributed by atoms with van der Waals surface area (Å²) in [6.07, 6.45) is 3.59. The molecule has 17 heavy (non-hydrogen) atoms. The van der Waals surface area contributed by atoms with Crippen LogP contribution in [0.15, 0.2) is 48.8 Å². The van der Waals surface area contributed by atoms with Gasteiger partial charge in [-0.05, 0) is 36.2 Å². The second-order valence-corrected chi connectivity index (χ2v) is 4.02. The first-order valence-electron chi connectivity index (χ1n) is 5.63. The quantitative estimate of drug-likeness (QED) is 0.873. The maximum absolute atomic E-state index is 12.8. The highest BCUT2D eigenvalue weighted by Crippen LogP contribution is 2.13. The second kappa shape index (κ2) is 5.55. The topological polar surface area (TPSA) is 24.9 Å². The molecular weight excluding hydrogens is 215 g/mol. The summed E-state index contributed by atoms with van der Waals surface area (Å²) in [6, 6.07) is 10.7. The van der Waals surface area contributed by atoms with E-state index < -0.39 is 0 Å². The van der Waals surface area contributed by atoms with Crippen LogP contribution in [0.1, 0.15) is 24.1 Å². The molecule has 0 aliphatic rings. The van der Waals surface area contributed by atoms with Gasteiger partial charge in [0.2, 0.25) is 0 Å². The van der Waals surface area contributed by atoms with Crippen molar-refractivity contribution in [2.75, 3.05) is 0 Å². The Morgan fingerprint density at radius 1 is 1.24 bits per heavy atom. The fourth-order valence-electron chi connectivity index (χ4n) is 1.64. The van der Waals surface area contributed by atoms with Crippen LogP contribution in [-0.4, -0.2) is 4.98 Å². The number of halogens is 1. The van der Waals surface area contributed by atoms with Gasteiger partial charge < -0.3 is 5.32 Å². The molecule has 0 saturated heterocycles. The molecule has 1 aromatic carbocycles. The van der Waals surface area contributed by atoms with Crippen molar-refractivity contribution >= 4 is 0 Å². The zero-order valence-electron chi connectivity index (χ0n) is 9.73. The number of nitrogens with one attached hydrogen (secondary N) is 1. The summed E-state index contributed by atoms with van der Waals surface area (Å²) in [6.45, 7) is 2.82. The van der Waals surface area contributed by atoms with Crippen LogP contribution in [0.5, 0.6) is 0 Å². The molecule has 0 saturated carbocycles. The van der Waals surface area contributed by atoms with Gasteiger partial charge in [0.1, 0.15) is 5.82 Å². The number of hydrogen-bond donors (Lipinski definition) is 1. The Bertz CT molecular complexity index is 453. The van der Waals surface area contributed by atoms with Crippen molar-refractivity contribution in [1.82, 2.24) is 10.3 Å². The summed E-state index contributed by atoms with van der Waals surface area (Å²) in [5.41, 5.74) is 2.22. The van der Waals surface area contributed by atoms with Crippen LogP contribution in [0.4, 0.5) is 4.39 Å². The number of nitrogens with zero attached hydrogens (tertiary/aromatic N) is 1. The van der Waals surface area contributed by atoms with Gasteiger partial charge in [-0.1, -0.05) is 18.2 Å². The molecule has 1 aromatic heterocycles. The zero-order chi connectivity index (χ0) is 12.1. The van der Waals surface area contributed by atoms with Gasteiger partial charge >= 0.3 is 0 Å². The van der Waals surface area contributed by atoms with Gasteiger partial charge in [0.25, 0.3) is 0 Å². The van der Waals surface area contributed by atoms with Crippen molar-refractivity contribution < 1.29 is 4.39 Å². The third kappa shape index (κ3) is 3.36. The summed E-state index contributed by atoms with van der Waals surface area (Å²) in [7, 11) is 0. The van der Waals surface area contributed by atoms with Crippen molar-refractivity contribution in [3.8, 4) is 0 Å². The van der Waals surface area contributed by atoms with Crippen molar-refractivity contribution in [3.05, 3.63) is 65.7 Å². The van der Waals surface area contributed by atoms with E-state index in [1.165, 1.54) is 12.1 Å². The molecular formula is C14H15FN2. The Kier molecular flexibility index (Phi) is 3.83. The van der Waals surface area contributed by atoms with E-state index in [0.717, 1.165) is 17.7 Å². The first-order valence-corrected chi connectivity index (χ1v) is 5.63. The minimum Gasteiger partial charge on any atom is -0.306 e. The van der Waals surface area contributed by atoms with Gasteiger partial charge in [-0.25, -0.2) is 4.39 Å². The van der Waals surface area contributed by atoms with Crippen molar-refractivity contribution in [3.63, 3.8) is 0 Å². The zero-order valence-corrected chi connectivity index (χ0v) is 9.73.